The normalized spacial score (nSPS) is 13.7. The zero-order valence-electron chi connectivity index (χ0n) is 18.7. The second kappa shape index (κ2) is 15.0. The van der Waals surface area contributed by atoms with Crippen molar-refractivity contribution in [2.75, 3.05) is 13.2 Å². The van der Waals surface area contributed by atoms with Gasteiger partial charge >= 0.3 is 22.6 Å². The van der Waals surface area contributed by atoms with Gasteiger partial charge in [0.05, 0.1) is 26.6 Å². The molecule has 0 fully saturated rings. The van der Waals surface area contributed by atoms with Gasteiger partial charge in [-0.3, -0.25) is 25.0 Å². The minimum absolute atomic E-state index is 0.221. The lowest BCUT2D eigenvalue weighted by Gasteiger charge is -2.19. The summed E-state index contributed by atoms with van der Waals surface area (Å²) in [6.07, 6.45) is 1.70. The molecule has 0 aliphatic carbocycles. The molecule has 0 amide bonds. The molecule has 2 aromatic rings. The topological polar surface area (TPSA) is 143 Å². The standard InChI is InChI=1S/C20H26N3O8P3/c1-3-17(4-2)16-29-20(24)15-21-34(30-32(22(25)26)18-11-7-5-8-12-18)31-33(23(27)28)19-13-9-6-10-14-19/h5-14,17,21H,3-4,15-16H2,1-2H3. The Labute approximate surface area is 201 Å². The summed E-state index contributed by atoms with van der Waals surface area (Å²) in [5, 5.41) is 26.7. The lowest BCUT2D eigenvalue weighted by atomic mass is 10.1. The fourth-order valence-electron chi connectivity index (χ4n) is 2.58. The number of benzene rings is 2. The van der Waals surface area contributed by atoms with Gasteiger partial charge in [0.2, 0.25) is 0 Å². The average Bonchev–Trinajstić information content (AvgIpc) is 2.84. The molecule has 14 heteroatoms. The second-order valence-electron chi connectivity index (χ2n) is 6.81. The molecule has 1 N–H and O–H groups in total. The third-order valence-electron chi connectivity index (χ3n) is 4.54. The van der Waals surface area contributed by atoms with Crippen LogP contribution < -0.4 is 15.7 Å². The van der Waals surface area contributed by atoms with Crippen molar-refractivity contribution < 1.29 is 27.5 Å². The number of hydrogen-bond acceptors (Lipinski definition) is 9. The summed E-state index contributed by atoms with van der Waals surface area (Å²) in [6.45, 7) is 3.85. The van der Waals surface area contributed by atoms with Crippen LogP contribution in [0.2, 0.25) is 0 Å². The molecule has 0 radical (unpaired) electrons. The molecule has 2 atom stereocenters. The number of rotatable bonds is 15. The second-order valence-corrected chi connectivity index (χ2v) is 11.7. The van der Waals surface area contributed by atoms with Crippen LogP contribution in [0.15, 0.2) is 60.7 Å². The van der Waals surface area contributed by atoms with Gasteiger partial charge in [-0.15, -0.1) is 0 Å². The summed E-state index contributed by atoms with van der Waals surface area (Å²) in [5.74, 6) is -0.388. The van der Waals surface area contributed by atoms with E-state index in [-0.39, 0.29) is 19.1 Å². The highest BCUT2D eigenvalue weighted by atomic mass is 31.3. The first-order valence-electron chi connectivity index (χ1n) is 10.4. The number of nitro groups is 2. The van der Waals surface area contributed by atoms with Crippen LogP contribution in [-0.2, 0) is 18.2 Å². The minimum atomic E-state index is -2.43. The lowest BCUT2D eigenvalue weighted by Crippen LogP contribution is -2.25. The molecule has 11 nitrogen and oxygen atoms in total. The van der Waals surface area contributed by atoms with Crippen molar-refractivity contribution in [3.63, 3.8) is 0 Å². The Hall–Kier alpha value is -2.12. The maximum absolute atomic E-state index is 12.2. The van der Waals surface area contributed by atoms with Crippen LogP contribution in [-0.4, -0.2) is 28.5 Å². The largest absolute Gasteiger partial charge is 0.464 e. The number of carbonyl (C=O) groups is 1. The van der Waals surface area contributed by atoms with E-state index >= 15 is 0 Å². The molecule has 2 rings (SSSR count). The molecule has 184 valence electrons. The van der Waals surface area contributed by atoms with E-state index in [9.17, 15) is 25.0 Å². The van der Waals surface area contributed by atoms with Gasteiger partial charge in [0.15, 0.2) is 0 Å². The van der Waals surface area contributed by atoms with Crippen LogP contribution >= 0.6 is 25.1 Å². The lowest BCUT2D eigenvalue weighted by molar-refractivity contribution is -0.311. The van der Waals surface area contributed by atoms with Gasteiger partial charge < -0.3 is 4.74 Å². The molecular formula is C20H26N3O8P3. The predicted octanol–water partition coefficient (Wildman–Crippen LogP) is 4.64. The zero-order valence-corrected chi connectivity index (χ0v) is 21.4. The van der Waals surface area contributed by atoms with Gasteiger partial charge in [-0.1, -0.05) is 63.1 Å². The summed E-state index contributed by atoms with van der Waals surface area (Å²) >= 11 is 0. The molecule has 0 spiro atoms. The molecule has 0 aromatic heterocycles. The molecule has 2 unspecified atom stereocenters. The average molecular weight is 529 g/mol. The van der Waals surface area contributed by atoms with Crippen LogP contribution in [0, 0.1) is 26.1 Å². The van der Waals surface area contributed by atoms with Crippen molar-refractivity contribution in [2.24, 2.45) is 5.92 Å². The van der Waals surface area contributed by atoms with Gasteiger partial charge in [-0.25, -0.2) is 13.7 Å². The highest BCUT2D eigenvalue weighted by Gasteiger charge is 2.38. The molecule has 0 aliphatic rings. The highest BCUT2D eigenvalue weighted by molar-refractivity contribution is 7.69. The van der Waals surface area contributed by atoms with Crippen LogP contribution in [0.25, 0.3) is 0 Å². The van der Waals surface area contributed by atoms with Gasteiger partial charge in [-0.05, 0) is 30.2 Å². The Kier molecular flexibility index (Phi) is 12.4. The third-order valence-corrected chi connectivity index (χ3v) is 9.45. The summed E-state index contributed by atoms with van der Waals surface area (Å²) in [7, 11) is -7.25. The first kappa shape index (κ1) is 28.1. The molecule has 0 aliphatic heterocycles. The van der Waals surface area contributed by atoms with E-state index in [0.29, 0.717) is 10.6 Å². The summed E-state index contributed by atoms with van der Waals surface area (Å²) in [6, 6.07) is 16.0. The van der Waals surface area contributed by atoms with Gasteiger partial charge in [0.25, 0.3) is 8.53 Å². The van der Waals surface area contributed by atoms with Crippen molar-refractivity contribution in [1.82, 2.24) is 5.09 Å². The maximum atomic E-state index is 12.2. The molecule has 0 heterocycles. The number of esters is 1. The van der Waals surface area contributed by atoms with E-state index < -0.39 is 40.5 Å². The summed E-state index contributed by atoms with van der Waals surface area (Å²) in [4.78, 5) is 35.7. The molecular weight excluding hydrogens is 503 g/mol. The Balaban J connectivity index is 2.18. The fourth-order valence-corrected chi connectivity index (χ4v) is 7.28. The van der Waals surface area contributed by atoms with E-state index in [0.717, 1.165) is 12.8 Å². The molecule has 0 bridgehead atoms. The number of hydrogen-bond donors (Lipinski definition) is 1. The smallest absolute Gasteiger partial charge is 0.436 e. The first-order valence-corrected chi connectivity index (χ1v) is 14.0. The molecule has 0 saturated heterocycles. The molecule has 34 heavy (non-hydrogen) atoms. The third kappa shape index (κ3) is 9.26. The van der Waals surface area contributed by atoms with Crippen LogP contribution in [0.5, 0.6) is 0 Å². The Morgan fingerprint density at radius 1 is 0.882 bits per heavy atom. The Bertz CT molecular complexity index is 862. The minimum Gasteiger partial charge on any atom is -0.464 e. The van der Waals surface area contributed by atoms with Crippen LogP contribution in [0.3, 0.4) is 0 Å². The van der Waals surface area contributed by atoms with E-state index in [1.54, 1.807) is 36.4 Å². The van der Waals surface area contributed by atoms with E-state index in [2.05, 4.69) is 5.09 Å². The van der Waals surface area contributed by atoms with Crippen molar-refractivity contribution >= 4 is 41.7 Å². The number of ether oxygens (including phenoxy) is 1. The summed E-state index contributed by atoms with van der Waals surface area (Å²) < 4.78 is 15.3. The number of nitrogens with one attached hydrogen (secondary N) is 1. The molecule has 2 aromatic carbocycles. The zero-order chi connectivity index (χ0) is 24.9. The van der Waals surface area contributed by atoms with Crippen molar-refractivity contribution in [1.29, 1.82) is 0 Å². The Morgan fingerprint density at radius 3 is 1.71 bits per heavy atom. The van der Waals surface area contributed by atoms with Gasteiger partial charge in [-0.2, -0.15) is 0 Å². The van der Waals surface area contributed by atoms with Crippen LogP contribution in [0.1, 0.15) is 26.7 Å². The van der Waals surface area contributed by atoms with Crippen LogP contribution in [0.4, 0.5) is 0 Å². The van der Waals surface area contributed by atoms with Crippen molar-refractivity contribution in [2.45, 2.75) is 26.7 Å². The summed E-state index contributed by atoms with van der Waals surface area (Å²) in [5.41, 5.74) is 0. The van der Waals surface area contributed by atoms with E-state index in [1.807, 2.05) is 13.8 Å². The Morgan fingerprint density at radius 2 is 1.32 bits per heavy atom. The fraction of sp³-hybridized carbons (Fsp3) is 0.350. The van der Waals surface area contributed by atoms with Crippen molar-refractivity contribution in [3.8, 4) is 0 Å². The number of carbonyl (C=O) groups excluding carboxylic acids is 1. The predicted molar refractivity (Wildman–Crippen MR) is 132 cm³/mol. The van der Waals surface area contributed by atoms with Gasteiger partial charge in [0.1, 0.15) is 6.54 Å². The highest BCUT2D eigenvalue weighted by Crippen LogP contribution is 2.58. The van der Waals surface area contributed by atoms with Gasteiger partial charge in [0, 0.05) is 0 Å². The SMILES string of the molecule is CCC(CC)COC(=O)CNP(OP(c1ccccc1)[N+](=O)[O-])OP(c1ccccc1)[N+](=O)[O-]. The quantitative estimate of drug-likeness (QED) is 0.151. The number of nitrogens with zero attached hydrogens (tertiary/aromatic N) is 2. The first-order chi connectivity index (χ1) is 16.3. The van der Waals surface area contributed by atoms with E-state index in [4.69, 9.17) is 13.4 Å². The molecule has 0 saturated carbocycles. The maximum Gasteiger partial charge on any atom is 0.436 e. The van der Waals surface area contributed by atoms with Crippen molar-refractivity contribution in [3.05, 3.63) is 80.9 Å². The van der Waals surface area contributed by atoms with E-state index in [1.165, 1.54) is 24.3 Å². The monoisotopic (exact) mass is 529 g/mol.